The van der Waals surface area contributed by atoms with E-state index in [9.17, 15) is 0 Å². The summed E-state index contributed by atoms with van der Waals surface area (Å²) in [6, 6.07) is 44.0. The molecule has 0 unspecified atom stereocenters. The number of nitrogens with zero attached hydrogens (tertiary/aromatic N) is 5. The molecule has 0 amide bonds. The van der Waals surface area contributed by atoms with Gasteiger partial charge in [0, 0.05) is 51.1 Å². The molecule has 0 saturated carbocycles. The molecule has 47 heavy (non-hydrogen) atoms. The van der Waals surface area contributed by atoms with Crippen LogP contribution < -0.4 is 0 Å². The third kappa shape index (κ3) is 5.53. The Balaban J connectivity index is 1.15. The second-order valence-electron chi connectivity index (χ2n) is 11.7. The first kappa shape index (κ1) is 28.4. The van der Waals surface area contributed by atoms with Crippen molar-refractivity contribution in [2.24, 2.45) is 0 Å². The van der Waals surface area contributed by atoms with Crippen molar-refractivity contribution < 1.29 is 0 Å². The predicted molar refractivity (Wildman–Crippen MR) is 192 cm³/mol. The van der Waals surface area contributed by atoms with Crippen molar-refractivity contribution >= 4 is 21.8 Å². The summed E-state index contributed by atoms with van der Waals surface area (Å²) in [5.41, 5.74) is 13.1. The van der Waals surface area contributed by atoms with Crippen LogP contribution in [0.25, 0.3) is 78.1 Å². The van der Waals surface area contributed by atoms with E-state index in [1.54, 1.807) is 6.20 Å². The molecular formula is C42H31N5. The second-order valence-corrected chi connectivity index (χ2v) is 11.7. The maximum atomic E-state index is 5.16. The lowest BCUT2D eigenvalue weighted by atomic mass is 9.99. The van der Waals surface area contributed by atoms with Gasteiger partial charge < -0.3 is 0 Å². The van der Waals surface area contributed by atoms with E-state index in [4.69, 9.17) is 19.9 Å². The van der Waals surface area contributed by atoms with Gasteiger partial charge in [-0.3, -0.25) is 9.97 Å². The standard InChI is InChI=1S/C42H31N5/c1-3-35-23-27(2)36-20-18-30-19-21-37(45-40(30)41(36)44-35)33-12-7-11-32(24-33)28-14-16-31(17-15-28)42-46-38(29-9-5-4-6-10-29)25-39(47-42)34-13-8-22-43-26-34/h4-26H,3H2,1-2H3. The van der Waals surface area contributed by atoms with Crippen LogP contribution in [0.4, 0.5) is 0 Å². The van der Waals surface area contributed by atoms with E-state index in [0.717, 1.165) is 84.4 Å². The van der Waals surface area contributed by atoms with Gasteiger partial charge in [0.1, 0.15) is 0 Å². The molecule has 0 aliphatic rings. The summed E-state index contributed by atoms with van der Waals surface area (Å²) in [5, 5.41) is 2.25. The number of aryl methyl sites for hydroxylation is 2. The zero-order valence-corrected chi connectivity index (χ0v) is 26.2. The third-order valence-corrected chi connectivity index (χ3v) is 8.65. The minimum absolute atomic E-state index is 0.674. The predicted octanol–water partition coefficient (Wildman–Crippen LogP) is 10.2. The molecule has 8 rings (SSSR count). The van der Waals surface area contributed by atoms with Gasteiger partial charge in [-0.05, 0) is 66.4 Å². The Hall–Kier alpha value is -6.07. The molecule has 4 heterocycles. The van der Waals surface area contributed by atoms with Crippen LogP contribution in [-0.4, -0.2) is 24.9 Å². The van der Waals surface area contributed by atoms with Crippen molar-refractivity contribution in [3.05, 3.63) is 151 Å². The Morgan fingerprint density at radius 1 is 0.489 bits per heavy atom. The lowest BCUT2D eigenvalue weighted by Crippen LogP contribution is -1.96. The molecule has 5 heteroatoms. The molecule has 5 nitrogen and oxygen atoms in total. The van der Waals surface area contributed by atoms with Gasteiger partial charge in [-0.2, -0.15) is 0 Å². The number of hydrogen-bond acceptors (Lipinski definition) is 5. The molecular weight excluding hydrogens is 574 g/mol. The summed E-state index contributed by atoms with van der Waals surface area (Å²) in [4.78, 5) is 24.4. The van der Waals surface area contributed by atoms with Crippen LogP contribution in [0, 0.1) is 6.92 Å². The summed E-state index contributed by atoms with van der Waals surface area (Å²) in [7, 11) is 0. The number of hydrogen-bond donors (Lipinski definition) is 0. The van der Waals surface area contributed by atoms with Gasteiger partial charge in [-0.1, -0.05) is 97.9 Å². The van der Waals surface area contributed by atoms with Crippen molar-refractivity contribution in [3.63, 3.8) is 0 Å². The van der Waals surface area contributed by atoms with Gasteiger partial charge in [-0.15, -0.1) is 0 Å². The van der Waals surface area contributed by atoms with Gasteiger partial charge in [0.25, 0.3) is 0 Å². The van der Waals surface area contributed by atoms with Crippen LogP contribution in [0.5, 0.6) is 0 Å². The van der Waals surface area contributed by atoms with Crippen molar-refractivity contribution in [2.45, 2.75) is 20.3 Å². The lowest BCUT2D eigenvalue weighted by molar-refractivity contribution is 1.05. The topological polar surface area (TPSA) is 64.5 Å². The molecule has 4 aromatic carbocycles. The van der Waals surface area contributed by atoms with Crippen molar-refractivity contribution in [2.75, 3.05) is 0 Å². The highest BCUT2D eigenvalue weighted by molar-refractivity contribution is 6.04. The Bertz CT molecular complexity index is 2330. The molecule has 0 fully saturated rings. The van der Waals surface area contributed by atoms with E-state index in [0.29, 0.717) is 5.82 Å². The van der Waals surface area contributed by atoms with Crippen LogP contribution in [0.1, 0.15) is 18.2 Å². The highest BCUT2D eigenvalue weighted by Gasteiger charge is 2.13. The third-order valence-electron chi connectivity index (χ3n) is 8.65. The average Bonchev–Trinajstić information content (AvgIpc) is 3.15. The molecule has 0 spiro atoms. The quantitative estimate of drug-likeness (QED) is 0.177. The first-order valence-corrected chi connectivity index (χ1v) is 15.9. The second kappa shape index (κ2) is 12.0. The van der Waals surface area contributed by atoms with E-state index in [1.165, 1.54) is 5.56 Å². The SMILES string of the molecule is CCc1cc(C)c2ccc3ccc(-c4cccc(-c5ccc(-c6nc(-c7ccccc7)cc(-c7cccnc7)n6)cc5)c4)nc3c2n1. The van der Waals surface area contributed by atoms with Gasteiger partial charge in [0.15, 0.2) is 5.82 Å². The molecule has 0 aliphatic heterocycles. The van der Waals surface area contributed by atoms with Crippen molar-refractivity contribution in [1.82, 2.24) is 24.9 Å². The largest absolute Gasteiger partial charge is 0.264 e. The van der Waals surface area contributed by atoms with Crippen LogP contribution >= 0.6 is 0 Å². The van der Waals surface area contributed by atoms with Crippen molar-refractivity contribution in [3.8, 4) is 56.3 Å². The summed E-state index contributed by atoms with van der Waals surface area (Å²) in [6.07, 6.45) is 4.50. The van der Waals surface area contributed by atoms with Gasteiger partial charge in [-0.25, -0.2) is 15.0 Å². The highest BCUT2D eigenvalue weighted by atomic mass is 14.9. The fraction of sp³-hybridized carbons (Fsp3) is 0.0714. The normalized spacial score (nSPS) is 11.3. The van der Waals surface area contributed by atoms with Crippen LogP contribution in [0.2, 0.25) is 0 Å². The molecule has 0 radical (unpaired) electrons. The highest BCUT2D eigenvalue weighted by Crippen LogP contribution is 2.32. The molecule has 224 valence electrons. The summed E-state index contributed by atoms with van der Waals surface area (Å²) in [5.74, 6) is 0.674. The first-order valence-electron chi connectivity index (χ1n) is 15.9. The first-order chi connectivity index (χ1) is 23.1. The van der Waals surface area contributed by atoms with Crippen LogP contribution in [0.3, 0.4) is 0 Å². The zero-order valence-electron chi connectivity index (χ0n) is 26.2. The zero-order chi connectivity index (χ0) is 31.7. The minimum atomic E-state index is 0.674. The Kier molecular flexibility index (Phi) is 7.27. The van der Waals surface area contributed by atoms with E-state index in [1.807, 2.05) is 42.6 Å². The molecule has 0 aliphatic carbocycles. The van der Waals surface area contributed by atoms with E-state index in [-0.39, 0.29) is 0 Å². The smallest absolute Gasteiger partial charge is 0.160 e. The molecule has 0 saturated heterocycles. The Labute approximate surface area is 273 Å². The summed E-state index contributed by atoms with van der Waals surface area (Å²) in [6.45, 7) is 4.30. The fourth-order valence-corrected chi connectivity index (χ4v) is 6.12. The van der Waals surface area contributed by atoms with Crippen LogP contribution in [-0.2, 0) is 6.42 Å². The number of fused-ring (bicyclic) bond motifs is 3. The minimum Gasteiger partial charge on any atom is -0.264 e. The van der Waals surface area contributed by atoms with Gasteiger partial charge >= 0.3 is 0 Å². The maximum absolute atomic E-state index is 5.16. The molecule has 0 bridgehead atoms. The average molecular weight is 606 g/mol. The Morgan fingerprint density at radius 2 is 1.21 bits per heavy atom. The lowest BCUT2D eigenvalue weighted by Gasteiger charge is -2.11. The number of benzene rings is 4. The molecule has 4 aromatic heterocycles. The number of pyridine rings is 3. The van der Waals surface area contributed by atoms with E-state index >= 15 is 0 Å². The van der Waals surface area contributed by atoms with Crippen molar-refractivity contribution in [1.29, 1.82) is 0 Å². The van der Waals surface area contributed by atoms with E-state index in [2.05, 4.69) is 110 Å². The van der Waals surface area contributed by atoms with E-state index < -0.39 is 0 Å². The van der Waals surface area contributed by atoms with Gasteiger partial charge in [0.05, 0.1) is 28.1 Å². The monoisotopic (exact) mass is 605 g/mol. The summed E-state index contributed by atoms with van der Waals surface area (Å²) >= 11 is 0. The van der Waals surface area contributed by atoms with Gasteiger partial charge in [0.2, 0.25) is 0 Å². The number of rotatable bonds is 6. The summed E-state index contributed by atoms with van der Waals surface area (Å²) < 4.78 is 0. The van der Waals surface area contributed by atoms with Crippen LogP contribution in [0.15, 0.2) is 140 Å². The maximum Gasteiger partial charge on any atom is 0.160 e. The Morgan fingerprint density at radius 3 is 2.00 bits per heavy atom. The number of aromatic nitrogens is 5. The molecule has 0 atom stereocenters. The molecule has 8 aromatic rings. The molecule has 0 N–H and O–H groups in total. The fourth-order valence-electron chi connectivity index (χ4n) is 6.12.